The molecule has 1 saturated carbocycles. The highest BCUT2D eigenvalue weighted by atomic mass is 16.2. The summed E-state index contributed by atoms with van der Waals surface area (Å²) in [5.74, 6) is 0.785. The Labute approximate surface area is 121 Å². The number of aromatic nitrogens is 2. The summed E-state index contributed by atoms with van der Waals surface area (Å²) in [6, 6.07) is 0.425. The minimum atomic E-state index is 0.167. The van der Waals surface area contributed by atoms with Crippen molar-refractivity contribution in [2.24, 2.45) is 5.92 Å². The number of nitrogen functional groups attached to an aromatic ring is 1. The summed E-state index contributed by atoms with van der Waals surface area (Å²) in [7, 11) is 0. The van der Waals surface area contributed by atoms with Gasteiger partial charge in [-0.05, 0) is 25.2 Å². The highest BCUT2D eigenvalue weighted by Gasteiger charge is 2.26. The van der Waals surface area contributed by atoms with Crippen LogP contribution in [0, 0.1) is 5.92 Å². The molecule has 0 spiro atoms. The van der Waals surface area contributed by atoms with Gasteiger partial charge in [-0.1, -0.05) is 26.7 Å². The quantitative estimate of drug-likeness (QED) is 0.868. The molecular formula is C15H26N4O. The van der Waals surface area contributed by atoms with Gasteiger partial charge in [-0.25, -0.2) is 0 Å². The molecule has 5 heteroatoms. The van der Waals surface area contributed by atoms with Crippen LogP contribution in [0.1, 0.15) is 46.0 Å². The monoisotopic (exact) mass is 278 g/mol. The molecule has 0 aliphatic heterocycles. The summed E-state index contributed by atoms with van der Waals surface area (Å²) in [5, 5.41) is 4.10. The van der Waals surface area contributed by atoms with Crippen LogP contribution in [-0.2, 0) is 11.3 Å². The maximum absolute atomic E-state index is 12.5. The van der Waals surface area contributed by atoms with E-state index >= 15 is 0 Å². The second-order valence-corrected chi connectivity index (χ2v) is 6.18. The average Bonchev–Trinajstić information content (AvgIpc) is 3.01. The van der Waals surface area contributed by atoms with Crippen LogP contribution in [0.25, 0.3) is 0 Å². The fourth-order valence-corrected chi connectivity index (χ4v) is 2.82. The molecule has 112 valence electrons. The molecule has 0 saturated heterocycles. The van der Waals surface area contributed by atoms with E-state index < -0.39 is 0 Å². The first kappa shape index (κ1) is 14.9. The summed E-state index contributed by atoms with van der Waals surface area (Å²) in [5.41, 5.74) is 6.25. The third kappa shape index (κ3) is 3.99. The molecule has 2 rings (SSSR count). The van der Waals surface area contributed by atoms with E-state index in [4.69, 9.17) is 5.73 Å². The van der Waals surface area contributed by atoms with Crippen molar-refractivity contribution < 1.29 is 4.79 Å². The molecule has 1 aromatic rings. The second-order valence-electron chi connectivity index (χ2n) is 6.18. The van der Waals surface area contributed by atoms with Crippen molar-refractivity contribution in [3.05, 3.63) is 12.4 Å². The topological polar surface area (TPSA) is 64.2 Å². The fraction of sp³-hybridized carbons (Fsp3) is 0.733. The lowest BCUT2D eigenvalue weighted by molar-refractivity contribution is -0.134. The third-order valence-electron chi connectivity index (χ3n) is 3.98. The van der Waals surface area contributed by atoms with Gasteiger partial charge in [0, 0.05) is 18.8 Å². The van der Waals surface area contributed by atoms with Gasteiger partial charge in [-0.2, -0.15) is 5.10 Å². The van der Waals surface area contributed by atoms with Crippen molar-refractivity contribution in [1.29, 1.82) is 0 Å². The number of nitrogens with two attached hydrogens (primary N) is 1. The van der Waals surface area contributed by atoms with Gasteiger partial charge in [0.2, 0.25) is 5.91 Å². The van der Waals surface area contributed by atoms with E-state index in [0.29, 0.717) is 24.2 Å². The average molecular weight is 278 g/mol. The molecule has 1 fully saturated rings. The first-order valence-electron chi connectivity index (χ1n) is 7.63. The van der Waals surface area contributed by atoms with Gasteiger partial charge in [0.05, 0.1) is 11.9 Å². The highest BCUT2D eigenvalue weighted by molar-refractivity contribution is 5.76. The zero-order valence-corrected chi connectivity index (χ0v) is 12.6. The van der Waals surface area contributed by atoms with E-state index in [0.717, 1.165) is 25.8 Å². The summed E-state index contributed by atoms with van der Waals surface area (Å²) >= 11 is 0. The van der Waals surface area contributed by atoms with Crippen LogP contribution >= 0.6 is 0 Å². The first-order valence-corrected chi connectivity index (χ1v) is 7.63. The number of amides is 1. The molecule has 5 nitrogen and oxygen atoms in total. The van der Waals surface area contributed by atoms with E-state index in [1.807, 2.05) is 0 Å². The Kier molecular flexibility index (Phi) is 5.04. The van der Waals surface area contributed by atoms with Crippen molar-refractivity contribution in [2.75, 3.05) is 12.3 Å². The lowest BCUT2D eigenvalue weighted by atomic mass is 10.1. The van der Waals surface area contributed by atoms with Crippen molar-refractivity contribution >= 4 is 11.6 Å². The van der Waals surface area contributed by atoms with Gasteiger partial charge in [0.15, 0.2) is 0 Å². The summed E-state index contributed by atoms with van der Waals surface area (Å²) < 4.78 is 1.63. The lowest BCUT2D eigenvalue weighted by Crippen LogP contribution is -2.41. The molecule has 1 aromatic heterocycles. The minimum absolute atomic E-state index is 0.167. The predicted molar refractivity (Wildman–Crippen MR) is 80.1 cm³/mol. The maximum Gasteiger partial charge on any atom is 0.244 e. The normalized spacial score (nSPS) is 15.9. The molecule has 0 aromatic carbocycles. The summed E-state index contributed by atoms with van der Waals surface area (Å²) in [6.07, 6.45) is 9.13. The van der Waals surface area contributed by atoms with Crippen LogP contribution in [0.4, 0.5) is 5.69 Å². The number of hydrogen-bond acceptors (Lipinski definition) is 3. The molecule has 2 N–H and O–H groups in total. The van der Waals surface area contributed by atoms with Crippen molar-refractivity contribution in [1.82, 2.24) is 14.7 Å². The Hall–Kier alpha value is -1.52. The largest absolute Gasteiger partial charge is 0.396 e. The minimum Gasteiger partial charge on any atom is -0.396 e. The van der Waals surface area contributed by atoms with Crippen LogP contribution in [0.5, 0.6) is 0 Å². The number of anilines is 1. The number of carbonyl (C=O) groups is 1. The predicted octanol–water partition coefficient (Wildman–Crippen LogP) is 2.28. The van der Waals surface area contributed by atoms with E-state index in [1.165, 1.54) is 12.8 Å². The Balaban J connectivity index is 1.98. The lowest BCUT2D eigenvalue weighted by Gasteiger charge is -2.29. The molecule has 20 heavy (non-hydrogen) atoms. The van der Waals surface area contributed by atoms with Gasteiger partial charge in [0.1, 0.15) is 6.54 Å². The fourth-order valence-electron chi connectivity index (χ4n) is 2.82. The highest BCUT2D eigenvalue weighted by Crippen LogP contribution is 2.24. The van der Waals surface area contributed by atoms with Gasteiger partial charge in [0.25, 0.3) is 0 Å². The van der Waals surface area contributed by atoms with E-state index in [2.05, 4.69) is 23.8 Å². The number of hydrogen-bond donors (Lipinski definition) is 1. The smallest absolute Gasteiger partial charge is 0.244 e. The van der Waals surface area contributed by atoms with Gasteiger partial charge in [-0.3, -0.25) is 9.48 Å². The first-order chi connectivity index (χ1) is 9.56. The van der Waals surface area contributed by atoms with Crippen LogP contribution < -0.4 is 5.73 Å². The van der Waals surface area contributed by atoms with Gasteiger partial charge in [-0.15, -0.1) is 0 Å². The van der Waals surface area contributed by atoms with Crippen molar-refractivity contribution in [2.45, 2.75) is 58.5 Å². The molecule has 1 aliphatic rings. The maximum atomic E-state index is 12.5. The van der Waals surface area contributed by atoms with Crippen LogP contribution in [-0.4, -0.2) is 33.2 Å². The zero-order valence-electron chi connectivity index (χ0n) is 12.6. The number of nitrogens with zero attached hydrogens (tertiary/aromatic N) is 3. The molecule has 0 radical (unpaired) electrons. The van der Waals surface area contributed by atoms with E-state index in [9.17, 15) is 4.79 Å². The second kappa shape index (κ2) is 6.77. The van der Waals surface area contributed by atoms with Gasteiger partial charge < -0.3 is 10.6 Å². The van der Waals surface area contributed by atoms with Crippen LogP contribution in [0.2, 0.25) is 0 Å². The molecular weight excluding hydrogens is 252 g/mol. The van der Waals surface area contributed by atoms with Crippen LogP contribution in [0.15, 0.2) is 12.4 Å². The Morgan fingerprint density at radius 2 is 2.20 bits per heavy atom. The molecule has 0 bridgehead atoms. The van der Waals surface area contributed by atoms with E-state index in [1.54, 1.807) is 17.1 Å². The standard InChI is InChI=1S/C15H26N4O/c1-12(2)7-8-19(14-5-3-4-6-14)15(20)11-18-10-13(16)9-17-18/h9-10,12,14H,3-8,11,16H2,1-2H3. The van der Waals surface area contributed by atoms with Crippen molar-refractivity contribution in [3.8, 4) is 0 Å². The number of carbonyl (C=O) groups excluding carboxylic acids is 1. The Morgan fingerprint density at radius 3 is 2.75 bits per heavy atom. The molecule has 0 unspecified atom stereocenters. The Morgan fingerprint density at radius 1 is 1.50 bits per heavy atom. The third-order valence-corrected chi connectivity index (χ3v) is 3.98. The van der Waals surface area contributed by atoms with E-state index in [-0.39, 0.29) is 5.91 Å². The summed E-state index contributed by atoms with van der Waals surface area (Å²) in [6.45, 7) is 5.56. The summed E-state index contributed by atoms with van der Waals surface area (Å²) in [4.78, 5) is 14.6. The molecule has 1 heterocycles. The van der Waals surface area contributed by atoms with Gasteiger partial charge >= 0.3 is 0 Å². The Bertz CT molecular complexity index is 435. The molecule has 0 atom stereocenters. The molecule has 1 aliphatic carbocycles. The number of rotatable bonds is 6. The van der Waals surface area contributed by atoms with Crippen LogP contribution in [0.3, 0.4) is 0 Å². The SMILES string of the molecule is CC(C)CCN(C(=O)Cn1cc(N)cn1)C1CCCC1. The molecule has 1 amide bonds. The zero-order chi connectivity index (χ0) is 14.5. The van der Waals surface area contributed by atoms with Crippen molar-refractivity contribution in [3.63, 3.8) is 0 Å².